The van der Waals surface area contributed by atoms with Crippen LogP contribution < -0.4 is 0 Å². The summed E-state index contributed by atoms with van der Waals surface area (Å²) >= 11 is 3.36. The first kappa shape index (κ1) is 11.2. The second kappa shape index (κ2) is 3.73. The lowest BCUT2D eigenvalue weighted by atomic mass is 9.89. The number of hydrogen-bond donors (Lipinski definition) is 0. The molecule has 5 heteroatoms. The van der Waals surface area contributed by atoms with E-state index in [1.807, 2.05) is 0 Å². The van der Waals surface area contributed by atoms with Crippen molar-refractivity contribution in [3.05, 3.63) is 16.4 Å². The predicted molar refractivity (Wildman–Crippen MR) is 56.0 cm³/mol. The van der Waals surface area contributed by atoms with Gasteiger partial charge in [-0.2, -0.15) is 5.10 Å². The van der Waals surface area contributed by atoms with Crippen LogP contribution in [0.25, 0.3) is 0 Å². The van der Waals surface area contributed by atoms with Crippen LogP contribution in [0.5, 0.6) is 0 Å². The van der Waals surface area contributed by atoms with Gasteiger partial charge in [-0.15, -0.1) is 0 Å². The molecule has 0 saturated carbocycles. The first-order chi connectivity index (χ1) is 6.41. The molecule has 0 radical (unpaired) electrons. The molecule has 0 saturated heterocycles. The maximum atomic E-state index is 11.6. The van der Waals surface area contributed by atoms with Crippen LogP contribution in [-0.4, -0.2) is 22.9 Å². The third-order valence-corrected chi connectivity index (χ3v) is 2.76. The summed E-state index contributed by atoms with van der Waals surface area (Å²) in [5.41, 5.74) is 0.114. The van der Waals surface area contributed by atoms with E-state index in [1.165, 1.54) is 7.11 Å². The third kappa shape index (κ3) is 1.68. The van der Waals surface area contributed by atoms with Gasteiger partial charge in [-0.3, -0.25) is 9.48 Å². The summed E-state index contributed by atoms with van der Waals surface area (Å²) in [6.45, 7) is 3.61. The molecule has 0 atom stereocenters. The Balaban J connectivity index is 3.21. The Morgan fingerprint density at radius 3 is 2.57 bits per heavy atom. The zero-order chi connectivity index (χ0) is 10.9. The predicted octanol–water partition coefficient (Wildman–Crippen LogP) is 1.63. The van der Waals surface area contributed by atoms with Gasteiger partial charge in [-0.1, -0.05) is 0 Å². The van der Waals surface area contributed by atoms with Crippen molar-refractivity contribution < 1.29 is 9.53 Å². The maximum absolute atomic E-state index is 11.6. The fraction of sp³-hybridized carbons (Fsp3) is 0.556. The summed E-state index contributed by atoms with van der Waals surface area (Å²) in [5.74, 6) is -0.276. The van der Waals surface area contributed by atoms with E-state index in [0.717, 1.165) is 10.2 Å². The zero-order valence-electron chi connectivity index (χ0n) is 8.67. The van der Waals surface area contributed by atoms with E-state index >= 15 is 0 Å². The lowest BCUT2D eigenvalue weighted by Crippen LogP contribution is -2.32. The Morgan fingerprint density at radius 1 is 1.64 bits per heavy atom. The number of aryl methyl sites for hydroxylation is 1. The number of aromatic nitrogens is 2. The van der Waals surface area contributed by atoms with Crippen LogP contribution in [0.3, 0.4) is 0 Å². The lowest BCUT2D eigenvalue weighted by molar-refractivity contribution is -0.146. The fourth-order valence-corrected chi connectivity index (χ4v) is 2.31. The van der Waals surface area contributed by atoms with Gasteiger partial charge in [0.1, 0.15) is 5.41 Å². The highest BCUT2D eigenvalue weighted by atomic mass is 79.9. The summed E-state index contributed by atoms with van der Waals surface area (Å²) in [5, 5.41) is 4.06. The molecule has 1 rings (SSSR count). The van der Waals surface area contributed by atoms with E-state index in [9.17, 15) is 4.79 Å². The molecule has 0 bridgehead atoms. The van der Waals surface area contributed by atoms with E-state index in [2.05, 4.69) is 21.0 Å². The number of halogens is 1. The number of esters is 1. The highest BCUT2D eigenvalue weighted by molar-refractivity contribution is 9.10. The Labute approximate surface area is 91.4 Å². The maximum Gasteiger partial charge on any atom is 0.317 e. The monoisotopic (exact) mass is 260 g/mol. The van der Waals surface area contributed by atoms with Gasteiger partial charge in [0.15, 0.2) is 0 Å². The number of methoxy groups -OCH3 is 1. The summed E-state index contributed by atoms with van der Waals surface area (Å²) in [6, 6.07) is 0. The van der Waals surface area contributed by atoms with E-state index < -0.39 is 5.41 Å². The molecular formula is C9H13BrN2O2. The second-order valence-electron chi connectivity index (χ2n) is 3.58. The molecule has 0 fully saturated rings. The first-order valence-electron chi connectivity index (χ1n) is 4.17. The van der Waals surface area contributed by atoms with Crippen molar-refractivity contribution in [2.45, 2.75) is 19.3 Å². The van der Waals surface area contributed by atoms with Crippen molar-refractivity contribution in [3.63, 3.8) is 0 Å². The minimum absolute atomic E-state index is 0.276. The fourth-order valence-electron chi connectivity index (χ4n) is 1.47. The summed E-state index contributed by atoms with van der Waals surface area (Å²) < 4.78 is 7.23. The van der Waals surface area contributed by atoms with Gasteiger partial charge in [0, 0.05) is 7.05 Å². The van der Waals surface area contributed by atoms with Crippen molar-refractivity contribution in [3.8, 4) is 0 Å². The number of carbonyl (C=O) groups excluding carboxylic acids is 1. The molecule has 0 spiro atoms. The number of hydrogen-bond acceptors (Lipinski definition) is 3. The number of carbonyl (C=O) groups is 1. The molecule has 4 nitrogen and oxygen atoms in total. The standard InChI is InChI=1S/C9H13BrN2O2/c1-9(2,8(13)14-4)7-6(10)5-11-12(7)3/h5H,1-4H3. The average molecular weight is 261 g/mol. The quantitative estimate of drug-likeness (QED) is 0.760. The summed E-state index contributed by atoms with van der Waals surface area (Å²) in [6.07, 6.45) is 1.67. The molecule has 0 aliphatic carbocycles. The SMILES string of the molecule is COC(=O)C(C)(C)c1c(Br)cnn1C. The molecule has 1 aromatic heterocycles. The van der Waals surface area contributed by atoms with E-state index in [-0.39, 0.29) is 5.97 Å². The molecule has 0 amide bonds. The topological polar surface area (TPSA) is 44.1 Å². The van der Waals surface area contributed by atoms with Crippen molar-refractivity contribution in [2.75, 3.05) is 7.11 Å². The molecule has 1 heterocycles. The zero-order valence-corrected chi connectivity index (χ0v) is 10.3. The van der Waals surface area contributed by atoms with Crippen LogP contribution in [0.2, 0.25) is 0 Å². The minimum Gasteiger partial charge on any atom is -0.468 e. The van der Waals surface area contributed by atoms with Gasteiger partial charge in [-0.25, -0.2) is 0 Å². The number of nitrogens with zero attached hydrogens (tertiary/aromatic N) is 2. The van der Waals surface area contributed by atoms with Crippen LogP contribution in [0.4, 0.5) is 0 Å². The van der Waals surface area contributed by atoms with Crippen molar-refractivity contribution in [2.24, 2.45) is 7.05 Å². The molecule has 0 aromatic carbocycles. The van der Waals surface area contributed by atoms with Crippen LogP contribution >= 0.6 is 15.9 Å². The second-order valence-corrected chi connectivity index (χ2v) is 4.44. The van der Waals surface area contributed by atoms with Crippen molar-refractivity contribution in [1.82, 2.24) is 9.78 Å². The first-order valence-corrected chi connectivity index (χ1v) is 4.97. The van der Waals surface area contributed by atoms with Crippen LogP contribution in [-0.2, 0) is 22.0 Å². The van der Waals surface area contributed by atoms with Crippen molar-refractivity contribution in [1.29, 1.82) is 0 Å². The van der Waals surface area contributed by atoms with Gasteiger partial charge in [0.25, 0.3) is 0 Å². The average Bonchev–Trinajstić information content (AvgIpc) is 2.44. The minimum atomic E-state index is -0.696. The highest BCUT2D eigenvalue weighted by Crippen LogP contribution is 2.30. The molecule has 0 N–H and O–H groups in total. The van der Waals surface area contributed by atoms with Crippen molar-refractivity contribution >= 4 is 21.9 Å². The Kier molecular flexibility index (Phi) is 2.99. The van der Waals surface area contributed by atoms with E-state index in [4.69, 9.17) is 4.74 Å². The molecule has 0 aliphatic rings. The van der Waals surface area contributed by atoms with Gasteiger partial charge in [0.05, 0.1) is 23.5 Å². The Hall–Kier alpha value is -0.840. The number of ether oxygens (including phenoxy) is 1. The highest BCUT2D eigenvalue weighted by Gasteiger charge is 2.35. The molecule has 0 aliphatic heterocycles. The third-order valence-electron chi connectivity index (χ3n) is 2.18. The Morgan fingerprint density at radius 2 is 2.21 bits per heavy atom. The van der Waals surface area contributed by atoms with Crippen LogP contribution in [0, 0.1) is 0 Å². The lowest BCUT2D eigenvalue weighted by Gasteiger charge is -2.22. The van der Waals surface area contributed by atoms with Crippen LogP contribution in [0.1, 0.15) is 19.5 Å². The van der Waals surface area contributed by atoms with Gasteiger partial charge >= 0.3 is 5.97 Å². The summed E-state index contributed by atoms with van der Waals surface area (Å²) in [7, 11) is 3.18. The smallest absolute Gasteiger partial charge is 0.317 e. The van der Waals surface area contributed by atoms with E-state index in [0.29, 0.717) is 0 Å². The normalized spacial score (nSPS) is 11.5. The van der Waals surface area contributed by atoms with Gasteiger partial charge in [-0.05, 0) is 29.8 Å². The molecule has 0 unspecified atom stereocenters. The Bertz CT molecular complexity index is 338. The van der Waals surface area contributed by atoms with Crippen LogP contribution in [0.15, 0.2) is 10.7 Å². The molecule has 1 aromatic rings. The van der Waals surface area contributed by atoms with Gasteiger partial charge in [0.2, 0.25) is 0 Å². The number of rotatable bonds is 2. The van der Waals surface area contributed by atoms with E-state index in [1.54, 1.807) is 31.8 Å². The van der Waals surface area contributed by atoms with Gasteiger partial charge < -0.3 is 4.74 Å². The molecule has 78 valence electrons. The summed E-state index contributed by atoms with van der Waals surface area (Å²) in [4.78, 5) is 11.6. The molecular weight excluding hydrogens is 248 g/mol. The largest absolute Gasteiger partial charge is 0.468 e. The molecule has 14 heavy (non-hydrogen) atoms.